The summed E-state index contributed by atoms with van der Waals surface area (Å²) in [5.41, 5.74) is 1.34. The number of hydrogen-bond acceptors (Lipinski definition) is 2. The molecule has 0 aromatic heterocycles. The lowest BCUT2D eigenvalue weighted by molar-refractivity contribution is 0.426. The molecule has 0 aliphatic rings. The van der Waals surface area contributed by atoms with Gasteiger partial charge in [-0.25, -0.2) is 0 Å². The molecule has 1 rings (SSSR count). The van der Waals surface area contributed by atoms with Gasteiger partial charge in [0.2, 0.25) is 0 Å². The highest BCUT2D eigenvalue weighted by Crippen LogP contribution is 2.01. The molecule has 0 fully saturated rings. The van der Waals surface area contributed by atoms with Gasteiger partial charge in [-0.05, 0) is 0 Å². The molecule has 1 aromatic carbocycles. The molecule has 2 nitrogen and oxygen atoms in total. The second-order valence-electron chi connectivity index (χ2n) is 2.40. The summed E-state index contributed by atoms with van der Waals surface area (Å²) in [4.78, 5) is 0. The third-order valence-electron chi connectivity index (χ3n) is 1.43. The Kier molecular flexibility index (Phi) is 2.60. The zero-order valence-corrected chi connectivity index (χ0v) is 6.84. The highest BCUT2D eigenvalue weighted by molar-refractivity contribution is 6.63. The second kappa shape index (κ2) is 3.30. The smallest absolute Gasteiger partial charge is 0.423 e. The van der Waals surface area contributed by atoms with E-state index in [2.05, 4.69) is 0 Å². The summed E-state index contributed by atoms with van der Waals surface area (Å²) in [6.07, 6.45) is 0. The first kappa shape index (κ1) is 8.65. The molecule has 11 heavy (non-hydrogen) atoms. The number of halogens is 1. The van der Waals surface area contributed by atoms with E-state index >= 15 is 0 Å². The summed E-state index contributed by atoms with van der Waals surface area (Å²) in [7, 11) is 0.405. The van der Waals surface area contributed by atoms with Gasteiger partial charge in [0.05, 0.1) is 0 Å². The Labute approximate surface area is 71.4 Å². The van der Waals surface area contributed by atoms with Crippen LogP contribution >= 0.6 is 11.6 Å². The summed E-state index contributed by atoms with van der Waals surface area (Å²) in [6.45, 7) is 0. The normalized spacial score (nSPS) is 9.73. The molecule has 0 saturated carbocycles. The van der Waals surface area contributed by atoms with Gasteiger partial charge in [-0.2, -0.15) is 0 Å². The molecule has 2 N–H and O–H groups in total. The summed E-state index contributed by atoms with van der Waals surface area (Å²) < 4.78 is 0. The van der Waals surface area contributed by atoms with Crippen LogP contribution in [0.5, 0.6) is 0 Å². The molecular weight excluding hydrogens is 161 g/mol. The lowest BCUT2D eigenvalue weighted by Crippen LogP contribution is -2.31. The molecule has 0 bridgehead atoms. The van der Waals surface area contributed by atoms with Crippen LogP contribution in [0.2, 0.25) is 5.02 Å². The van der Waals surface area contributed by atoms with Crippen molar-refractivity contribution in [2.75, 3.05) is 0 Å². The molecule has 0 atom stereocenters. The third kappa shape index (κ3) is 1.99. The minimum atomic E-state index is -1.48. The predicted octanol–water partition coefficient (Wildman–Crippen LogP) is -1.72. The lowest BCUT2D eigenvalue weighted by Gasteiger charge is -2.02. The summed E-state index contributed by atoms with van der Waals surface area (Å²) >= 11 is 5.70. The fraction of sp³-hybridized carbons (Fsp3) is 0. The maximum Gasteiger partial charge on any atom is 0.489 e. The zero-order valence-electron chi connectivity index (χ0n) is 6.08. The summed E-state index contributed by atoms with van der Waals surface area (Å²) in [5.74, 6) is 0. The van der Waals surface area contributed by atoms with Crippen LogP contribution in [-0.4, -0.2) is 25.0 Å². The van der Waals surface area contributed by atoms with Crippen LogP contribution in [0.25, 0.3) is 0 Å². The van der Waals surface area contributed by atoms with Gasteiger partial charge in [-0.3, -0.25) is 0 Å². The first-order valence-corrected chi connectivity index (χ1v) is 3.61. The Morgan fingerprint density at radius 1 is 1.36 bits per heavy atom. The molecule has 56 valence electrons. The SMILES string of the molecule is Bc1ccc(B(O)O)c(Cl)c1. The topological polar surface area (TPSA) is 40.5 Å². The molecule has 0 spiro atoms. The van der Waals surface area contributed by atoms with E-state index in [0.717, 1.165) is 5.46 Å². The van der Waals surface area contributed by atoms with Crippen molar-refractivity contribution in [1.82, 2.24) is 0 Å². The second-order valence-corrected chi connectivity index (χ2v) is 2.81. The minimum Gasteiger partial charge on any atom is -0.423 e. The Bertz CT molecular complexity index is 265. The van der Waals surface area contributed by atoms with Crippen LogP contribution < -0.4 is 10.9 Å². The first-order valence-electron chi connectivity index (χ1n) is 3.23. The van der Waals surface area contributed by atoms with E-state index in [1.807, 2.05) is 7.85 Å². The van der Waals surface area contributed by atoms with Crippen molar-refractivity contribution >= 4 is 37.5 Å². The monoisotopic (exact) mass is 168 g/mol. The van der Waals surface area contributed by atoms with Crippen LogP contribution in [0.1, 0.15) is 0 Å². The van der Waals surface area contributed by atoms with E-state index in [4.69, 9.17) is 21.6 Å². The average Bonchev–Trinajstić information content (AvgIpc) is 1.85. The van der Waals surface area contributed by atoms with Gasteiger partial charge in [-0.1, -0.05) is 35.3 Å². The van der Waals surface area contributed by atoms with Crippen molar-refractivity contribution in [3.63, 3.8) is 0 Å². The van der Waals surface area contributed by atoms with Gasteiger partial charge in [0, 0.05) is 10.5 Å². The summed E-state index contributed by atoms with van der Waals surface area (Å²) in [6, 6.07) is 5.07. The van der Waals surface area contributed by atoms with Crippen molar-refractivity contribution in [2.24, 2.45) is 0 Å². The van der Waals surface area contributed by atoms with Gasteiger partial charge in [-0.15, -0.1) is 0 Å². The number of benzene rings is 1. The minimum absolute atomic E-state index is 0.345. The van der Waals surface area contributed by atoms with Gasteiger partial charge in [0.25, 0.3) is 0 Å². The van der Waals surface area contributed by atoms with Gasteiger partial charge >= 0.3 is 7.12 Å². The molecule has 0 aliphatic heterocycles. The maximum atomic E-state index is 8.77. The van der Waals surface area contributed by atoms with Crippen LogP contribution in [0.4, 0.5) is 0 Å². The van der Waals surface area contributed by atoms with Crippen molar-refractivity contribution in [3.8, 4) is 0 Å². The highest BCUT2D eigenvalue weighted by Gasteiger charge is 2.13. The van der Waals surface area contributed by atoms with Crippen molar-refractivity contribution in [2.45, 2.75) is 0 Å². The zero-order chi connectivity index (χ0) is 8.43. The highest BCUT2D eigenvalue weighted by atomic mass is 35.5. The van der Waals surface area contributed by atoms with Crippen LogP contribution in [0, 0.1) is 0 Å². The maximum absolute atomic E-state index is 8.77. The van der Waals surface area contributed by atoms with E-state index in [1.165, 1.54) is 0 Å². The average molecular weight is 168 g/mol. The molecular formula is C6H7B2ClO2. The Morgan fingerprint density at radius 3 is 2.45 bits per heavy atom. The molecule has 5 heteroatoms. The Morgan fingerprint density at radius 2 is 2.00 bits per heavy atom. The lowest BCUT2D eigenvalue weighted by atomic mass is 9.78. The van der Waals surface area contributed by atoms with Gasteiger partial charge in [0.1, 0.15) is 7.85 Å². The molecule has 0 unspecified atom stereocenters. The first-order chi connectivity index (χ1) is 5.11. The third-order valence-corrected chi connectivity index (χ3v) is 1.76. The fourth-order valence-electron chi connectivity index (χ4n) is 0.842. The molecule has 0 saturated heterocycles. The fourth-order valence-corrected chi connectivity index (χ4v) is 1.17. The molecule has 0 heterocycles. The number of hydrogen-bond donors (Lipinski definition) is 2. The van der Waals surface area contributed by atoms with E-state index in [9.17, 15) is 0 Å². The molecule has 1 aromatic rings. The van der Waals surface area contributed by atoms with Crippen LogP contribution in [0.3, 0.4) is 0 Å². The van der Waals surface area contributed by atoms with Gasteiger partial charge in [0.15, 0.2) is 0 Å². The van der Waals surface area contributed by atoms with Gasteiger partial charge < -0.3 is 10.0 Å². The van der Waals surface area contributed by atoms with Crippen molar-refractivity contribution < 1.29 is 10.0 Å². The number of rotatable bonds is 1. The standard InChI is InChI=1S/C6H7B2ClO2/c7-4-1-2-5(8(10)11)6(9)3-4/h1-3,10-11H,7H2. The predicted molar refractivity (Wildman–Crippen MR) is 49.5 cm³/mol. The Hall–Kier alpha value is -0.440. The van der Waals surface area contributed by atoms with E-state index in [1.54, 1.807) is 18.2 Å². The van der Waals surface area contributed by atoms with Crippen molar-refractivity contribution in [3.05, 3.63) is 23.2 Å². The van der Waals surface area contributed by atoms with E-state index in [0.29, 0.717) is 10.5 Å². The van der Waals surface area contributed by atoms with Crippen LogP contribution in [0.15, 0.2) is 18.2 Å². The molecule has 0 aliphatic carbocycles. The summed E-state index contributed by atoms with van der Waals surface area (Å²) in [5, 5.41) is 17.9. The Balaban J connectivity index is 3.09. The van der Waals surface area contributed by atoms with E-state index in [-0.39, 0.29) is 0 Å². The molecule has 0 radical (unpaired) electrons. The van der Waals surface area contributed by atoms with Crippen molar-refractivity contribution in [1.29, 1.82) is 0 Å². The van der Waals surface area contributed by atoms with Crippen LogP contribution in [-0.2, 0) is 0 Å². The van der Waals surface area contributed by atoms with E-state index < -0.39 is 7.12 Å². The largest absolute Gasteiger partial charge is 0.489 e. The molecule has 0 amide bonds. The quantitative estimate of drug-likeness (QED) is 0.490.